The molecule has 226 valence electrons. The molecule has 2 aliphatic carbocycles. The second-order valence-corrected chi connectivity index (χ2v) is 11.1. The number of fused-ring (bicyclic) bond motifs is 1. The van der Waals surface area contributed by atoms with Gasteiger partial charge in [0, 0.05) is 18.0 Å². The molecular formula is C28H31F5N6O3. The van der Waals surface area contributed by atoms with E-state index in [9.17, 15) is 31.5 Å². The number of ether oxygens (including phenoxy) is 1. The van der Waals surface area contributed by atoms with Crippen molar-refractivity contribution in [3.8, 4) is 5.88 Å². The first-order valence-corrected chi connectivity index (χ1v) is 13.8. The molecule has 0 atom stereocenters. The number of hydrogen-bond donors (Lipinski definition) is 4. The van der Waals surface area contributed by atoms with Crippen LogP contribution in [-0.4, -0.2) is 45.8 Å². The van der Waals surface area contributed by atoms with Crippen LogP contribution in [0.2, 0.25) is 0 Å². The lowest BCUT2D eigenvalue weighted by Crippen LogP contribution is -2.36. The van der Waals surface area contributed by atoms with Crippen LogP contribution in [0.4, 0.5) is 33.6 Å². The molecule has 2 fully saturated rings. The maximum absolute atomic E-state index is 13.8. The van der Waals surface area contributed by atoms with Gasteiger partial charge in [-0.2, -0.15) is 23.1 Å². The smallest absolute Gasteiger partial charge is 0.418 e. The molecule has 2 saturated carbocycles. The summed E-state index contributed by atoms with van der Waals surface area (Å²) in [5.41, 5.74) is -1.25. The highest BCUT2D eigenvalue weighted by Crippen LogP contribution is 2.45. The number of pyridine rings is 1. The average Bonchev–Trinajstić information content (AvgIpc) is 3.57. The molecular weight excluding hydrogens is 563 g/mol. The second kappa shape index (κ2) is 11.7. The van der Waals surface area contributed by atoms with E-state index in [1.807, 2.05) is 6.92 Å². The third kappa shape index (κ3) is 6.90. The summed E-state index contributed by atoms with van der Waals surface area (Å²) in [5.74, 6) is -1.20. The number of benzene rings is 1. The first kappa shape index (κ1) is 29.5. The molecule has 9 nitrogen and oxygen atoms in total. The molecule has 2 amide bonds. The van der Waals surface area contributed by atoms with Crippen molar-refractivity contribution in [1.29, 1.82) is 0 Å². The molecule has 0 saturated heterocycles. The van der Waals surface area contributed by atoms with E-state index in [0.29, 0.717) is 5.56 Å². The van der Waals surface area contributed by atoms with E-state index in [0.717, 1.165) is 51.0 Å². The molecule has 3 aromatic rings. The van der Waals surface area contributed by atoms with Crippen LogP contribution in [0.1, 0.15) is 73.4 Å². The number of nitrogens with zero attached hydrogens (tertiary/aromatic N) is 2. The Morgan fingerprint density at radius 2 is 1.86 bits per heavy atom. The van der Waals surface area contributed by atoms with Gasteiger partial charge < -0.3 is 25.7 Å². The van der Waals surface area contributed by atoms with Crippen LogP contribution in [0.5, 0.6) is 5.88 Å². The van der Waals surface area contributed by atoms with Crippen molar-refractivity contribution < 1.29 is 36.3 Å². The fourth-order valence-corrected chi connectivity index (χ4v) is 4.90. The quantitative estimate of drug-likeness (QED) is 0.219. The molecule has 0 bridgehead atoms. The van der Waals surface area contributed by atoms with Gasteiger partial charge in [0.15, 0.2) is 12.3 Å². The minimum absolute atomic E-state index is 0.0349. The van der Waals surface area contributed by atoms with Gasteiger partial charge in [-0.1, -0.05) is 32.3 Å². The SMILES string of the molecule is CC1(C(=O)NCc2ccc(C(F)(F)F)c(Nc3nc4nc(OCC(F)F)c(C(=O)NC5CCCCC5)cc4[nH]3)c2)CC1. The Kier molecular flexibility index (Phi) is 8.24. The van der Waals surface area contributed by atoms with E-state index in [-0.39, 0.29) is 52.7 Å². The number of carbonyl (C=O) groups excluding carboxylic acids is 2. The van der Waals surface area contributed by atoms with Gasteiger partial charge in [0.2, 0.25) is 17.7 Å². The Labute approximate surface area is 238 Å². The Hall–Kier alpha value is -3.97. The Balaban J connectivity index is 1.42. The molecule has 2 heterocycles. The molecule has 0 spiro atoms. The van der Waals surface area contributed by atoms with Crippen LogP contribution in [0.15, 0.2) is 24.3 Å². The molecule has 0 radical (unpaired) electrons. The largest absolute Gasteiger partial charge is 0.471 e. The van der Waals surface area contributed by atoms with Gasteiger partial charge in [-0.05, 0) is 49.4 Å². The van der Waals surface area contributed by atoms with Gasteiger partial charge in [0.05, 0.1) is 16.8 Å². The van der Waals surface area contributed by atoms with Crippen LogP contribution < -0.4 is 20.7 Å². The van der Waals surface area contributed by atoms with E-state index in [1.165, 1.54) is 18.2 Å². The molecule has 1 aromatic carbocycles. The van der Waals surface area contributed by atoms with Crippen LogP contribution in [-0.2, 0) is 17.5 Å². The number of rotatable bonds is 10. The number of carbonyl (C=O) groups is 2. The minimum Gasteiger partial charge on any atom is -0.471 e. The molecule has 42 heavy (non-hydrogen) atoms. The third-order valence-corrected chi connectivity index (χ3v) is 7.61. The lowest BCUT2D eigenvalue weighted by molar-refractivity contribution is -0.137. The van der Waals surface area contributed by atoms with Crippen molar-refractivity contribution in [3.63, 3.8) is 0 Å². The molecule has 0 unspecified atom stereocenters. The number of aromatic amines is 1. The second-order valence-electron chi connectivity index (χ2n) is 11.1. The Bertz CT molecular complexity index is 1460. The van der Waals surface area contributed by atoms with E-state index in [4.69, 9.17) is 4.74 Å². The van der Waals surface area contributed by atoms with E-state index < -0.39 is 36.1 Å². The maximum Gasteiger partial charge on any atom is 0.418 e. The van der Waals surface area contributed by atoms with E-state index >= 15 is 0 Å². The molecule has 2 aliphatic rings. The number of alkyl halides is 5. The normalized spacial score (nSPS) is 16.8. The molecule has 4 N–H and O–H groups in total. The Morgan fingerprint density at radius 1 is 1.12 bits per heavy atom. The lowest BCUT2D eigenvalue weighted by Gasteiger charge is -2.23. The summed E-state index contributed by atoms with van der Waals surface area (Å²) < 4.78 is 72.4. The lowest BCUT2D eigenvalue weighted by atomic mass is 9.95. The van der Waals surface area contributed by atoms with Crippen LogP contribution in [0.25, 0.3) is 11.2 Å². The fourth-order valence-electron chi connectivity index (χ4n) is 4.90. The monoisotopic (exact) mass is 594 g/mol. The van der Waals surface area contributed by atoms with Crippen LogP contribution in [0, 0.1) is 5.41 Å². The fraction of sp³-hybridized carbons (Fsp3) is 0.500. The Morgan fingerprint density at radius 3 is 2.52 bits per heavy atom. The van der Waals surface area contributed by atoms with Crippen molar-refractivity contribution >= 4 is 34.6 Å². The topological polar surface area (TPSA) is 121 Å². The summed E-state index contributed by atoms with van der Waals surface area (Å²) in [4.78, 5) is 36.4. The van der Waals surface area contributed by atoms with Gasteiger partial charge in [0.25, 0.3) is 12.3 Å². The van der Waals surface area contributed by atoms with Gasteiger partial charge in [-0.15, -0.1) is 0 Å². The molecule has 0 aliphatic heterocycles. The summed E-state index contributed by atoms with van der Waals surface area (Å²) >= 11 is 0. The van der Waals surface area contributed by atoms with E-state index in [2.05, 4.69) is 30.9 Å². The predicted octanol–water partition coefficient (Wildman–Crippen LogP) is 5.84. The number of anilines is 2. The van der Waals surface area contributed by atoms with Gasteiger partial charge in [0.1, 0.15) is 5.56 Å². The number of amides is 2. The molecule has 14 heteroatoms. The first-order chi connectivity index (χ1) is 19.9. The number of imidazole rings is 1. The summed E-state index contributed by atoms with van der Waals surface area (Å²) in [7, 11) is 0. The number of nitrogens with one attached hydrogen (secondary N) is 4. The first-order valence-electron chi connectivity index (χ1n) is 13.8. The highest BCUT2D eigenvalue weighted by molar-refractivity contribution is 5.99. The third-order valence-electron chi connectivity index (χ3n) is 7.61. The van der Waals surface area contributed by atoms with Crippen LogP contribution in [0.3, 0.4) is 0 Å². The van der Waals surface area contributed by atoms with Crippen LogP contribution >= 0.6 is 0 Å². The van der Waals surface area contributed by atoms with Gasteiger partial charge in [-0.25, -0.2) is 8.78 Å². The standard InChI is InChI=1S/C28H31F5N6O3/c1-27(9-10-27)25(41)34-13-15-7-8-18(28(31,32)33)19(11-15)36-26-37-20-12-17(23(40)35-16-5-3-2-4-6-16)24(38-22(20)39-26)42-14-21(29)30/h7-8,11-12,16,21H,2-6,9-10,13-14H2,1H3,(H,34,41)(H,35,40)(H2,36,37,38,39). The predicted molar refractivity (Wildman–Crippen MR) is 144 cm³/mol. The summed E-state index contributed by atoms with van der Waals surface area (Å²) in [6, 6.07) is 4.71. The zero-order chi connectivity index (χ0) is 30.1. The summed E-state index contributed by atoms with van der Waals surface area (Å²) in [5, 5.41) is 8.27. The summed E-state index contributed by atoms with van der Waals surface area (Å²) in [6.07, 6.45) is -1.44. The number of H-pyrrole nitrogens is 1. The van der Waals surface area contributed by atoms with Crippen molar-refractivity contribution in [2.45, 2.75) is 77.1 Å². The van der Waals surface area contributed by atoms with Gasteiger partial charge in [-0.3, -0.25) is 9.59 Å². The number of hydrogen-bond acceptors (Lipinski definition) is 6. The van der Waals surface area contributed by atoms with Crippen molar-refractivity contribution in [2.24, 2.45) is 5.41 Å². The van der Waals surface area contributed by atoms with Crippen molar-refractivity contribution in [1.82, 2.24) is 25.6 Å². The van der Waals surface area contributed by atoms with Crippen molar-refractivity contribution in [3.05, 3.63) is 41.0 Å². The van der Waals surface area contributed by atoms with Crippen molar-refractivity contribution in [2.75, 3.05) is 11.9 Å². The highest BCUT2D eigenvalue weighted by atomic mass is 19.4. The zero-order valence-electron chi connectivity index (χ0n) is 22.8. The minimum atomic E-state index is -4.70. The number of aromatic nitrogens is 3. The highest BCUT2D eigenvalue weighted by Gasteiger charge is 2.44. The summed E-state index contributed by atoms with van der Waals surface area (Å²) in [6.45, 7) is 0.856. The zero-order valence-corrected chi connectivity index (χ0v) is 22.8. The average molecular weight is 595 g/mol. The van der Waals surface area contributed by atoms with E-state index in [1.54, 1.807) is 0 Å². The maximum atomic E-state index is 13.8. The molecule has 2 aromatic heterocycles. The number of halogens is 5. The molecule has 5 rings (SSSR count). The van der Waals surface area contributed by atoms with Gasteiger partial charge >= 0.3 is 6.18 Å².